The Morgan fingerprint density at radius 1 is 1.11 bits per heavy atom. The van der Waals surface area contributed by atoms with Crippen molar-refractivity contribution in [1.29, 1.82) is 0 Å². The van der Waals surface area contributed by atoms with Crippen LogP contribution in [0.15, 0.2) is 64.3 Å². The van der Waals surface area contributed by atoms with Gasteiger partial charge in [-0.1, -0.05) is 18.2 Å². The molecule has 2 heterocycles. The lowest BCUT2D eigenvalue weighted by atomic mass is 10.0. The van der Waals surface area contributed by atoms with Crippen LogP contribution in [0.5, 0.6) is 5.75 Å². The number of hydrogen-bond acceptors (Lipinski definition) is 5. The minimum atomic E-state index is -1.41. The summed E-state index contributed by atoms with van der Waals surface area (Å²) in [6, 6.07) is 8.04. The molecule has 4 aromatic rings. The molecule has 1 amide bonds. The average molecular weight is 498 g/mol. The van der Waals surface area contributed by atoms with Gasteiger partial charge in [-0.15, -0.1) is 0 Å². The van der Waals surface area contributed by atoms with Gasteiger partial charge in [-0.3, -0.25) is 14.6 Å². The summed E-state index contributed by atoms with van der Waals surface area (Å²) < 4.78 is 46.9. The molecule has 0 bridgehead atoms. The number of carbonyl (C=O) groups excluding carboxylic acids is 1. The van der Waals surface area contributed by atoms with Crippen LogP contribution in [-0.4, -0.2) is 27.6 Å². The number of carbonyl (C=O) groups is 1. The molecule has 0 saturated carbocycles. The third kappa shape index (κ3) is 4.85. The van der Waals surface area contributed by atoms with Crippen molar-refractivity contribution in [3.63, 3.8) is 0 Å². The Kier molecular flexibility index (Phi) is 6.91. The fraction of sp³-hybridized carbons (Fsp3) is 0.200. The van der Waals surface area contributed by atoms with Gasteiger partial charge >= 0.3 is 5.69 Å². The zero-order valence-corrected chi connectivity index (χ0v) is 19.2. The van der Waals surface area contributed by atoms with E-state index >= 15 is 0 Å². The first-order chi connectivity index (χ1) is 17.2. The van der Waals surface area contributed by atoms with E-state index in [0.717, 1.165) is 10.8 Å². The maximum atomic E-state index is 14.2. The highest BCUT2D eigenvalue weighted by Gasteiger charge is 2.28. The molecule has 2 atom stereocenters. The van der Waals surface area contributed by atoms with Crippen molar-refractivity contribution < 1.29 is 22.7 Å². The van der Waals surface area contributed by atoms with Gasteiger partial charge in [0.1, 0.15) is 34.6 Å². The molecule has 8 nitrogen and oxygen atoms in total. The number of pyridine rings is 1. The molecule has 1 unspecified atom stereocenters. The van der Waals surface area contributed by atoms with Crippen molar-refractivity contribution in [2.24, 2.45) is 0 Å². The number of methoxy groups -OCH3 is 1. The predicted molar refractivity (Wildman–Crippen MR) is 125 cm³/mol. The van der Waals surface area contributed by atoms with Crippen molar-refractivity contribution in [2.75, 3.05) is 7.11 Å². The van der Waals surface area contributed by atoms with Crippen LogP contribution in [0, 0.1) is 17.5 Å². The second kappa shape index (κ2) is 10.1. The molecule has 0 aliphatic rings. The molecule has 0 radical (unpaired) electrons. The summed E-state index contributed by atoms with van der Waals surface area (Å²) in [5, 5.41) is 2.59. The van der Waals surface area contributed by atoms with Gasteiger partial charge in [0.15, 0.2) is 0 Å². The van der Waals surface area contributed by atoms with Crippen molar-refractivity contribution >= 4 is 16.8 Å². The molecule has 2 N–H and O–H groups in total. The van der Waals surface area contributed by atoms with Crippen LogP contribution in [0.25, 0.3) is 10.9 Å². The fourth-order valence-electron chi connectivity index (χ4n) is 3.96. The Morgan fingerprint density at radius 2 is 1.83 bits per heavy atom. The van der Waals surface area contributed by atoms with E-state index in [0.29, 0.717) is 11.6 Å². The lowest BCUT2D eigenvalue weighted by Gasteiger charge is -2.22. The van der Waals surface area contributed by atoms with Crippen molar-refractivity contribution in [1.82, 2.24) is 19.9 Å². The number of aromatic nitrogens is 3. The lowest BCUT2D eigenvalue weighted by Crippen LogP contribution is -2.46. The number of ether oxygens (including phenoxy) is 1. The van der Waals surface area contributed by atoms with Crippen LogP contribution in [0.2, 0.25) is 0 Å². The summed E-state index contributed by atoms with van der Waals surface area (Å²) in [4.78, 5) is 46.2. The van der Waals surface area contributed by atoms with Crippen LogP contribution >= 0.6 is 0 Å². The first-order valence-electron chi connectivity index (χ1n) is 10.9. The molecule has 36 heavy (non-hydrogen) atoms. The smallest absolute Gasteiger partial charge is 0.329 e. The van der Waals surface area contributed by atoms with Crippen molar-refractivity contribution in [3.8, 4) is 5.75 Å². The highest BCUT2D eigenvalue weighted by Crippen LogP contribution is 2.22. The maximum Gasteiger partial charge on any atom is 0.329 e. The fourth-order valence-corrected chi connectivity index (χ4v) is 3.96. The summed E-state index contributed by atoms with van der Waals surface area (Å²) in [5.41, 5.74) is -1.20. The zero-order valence-electron chi connectivity index (χ0n) is 19.2. The Hall–Kier alpha value is -4.41. The van der Waals surface area contributed by atoms with E-state index in [2.05, 4.69) is 15.3 Å². The number of H-pyrrole nitrogens is 1. The van der Waals surface area contributed by atoms with Gasteiger partial charge in [-0.05, 0) is 36.8 Å². The Balaban J connectivity index is 1.81. The monoisotopic (exact) mass is 498 g/mol. The molecule has 0 fully saturated rings. The summed E-state index contributed by atoms with van der Waals surface area (Å²) in [7, 11) is 1.36. The quantitative estimate of drug-likeness (QED) is 0.407. The first kappa shape index (κ1) is 24.7. The normalized spacial score (nSPS) is 12.8. The molecule has 0 aliphatic carbocycles. The Bertz CT molecular complexity index is 1550. The minimum absolute atomic E-state index is 0.0517. The van der Waals surface area contributed by atoms with Gasteiger partial charge in [-0.2, -0.15) is 0 Å². The number of benzene rings is 2. The number of fused-ring (bicyclic) bond motifs is 1. The highest BCUT2D eigenvalue weighted by atomic mass is 19.1. The average Bonchev–Trinajstić information content (AvgIpc) is 2.83. The SMILES string of the molecule is COc1cccc2[nH]c(=O)n(C(Cc3ccc(F)cc3)C(=O)N[C@H](C)c3ncc(F)cc3F)c(=O)c12. The molecule has 4 rings (SSSR count). The van der Waals surface area contributed by atoms with E-state index in [1.54, 1.807) is 6.07 Å². The molecular weight excluding hydrogens is 477 g/mol. The second-order valence-electron chi connectivity index (χ2n) is 8.09. The summed E-state index contributed by atoms with van der Waals surface area (Å²) in [6.45, 7) is 1.42. The van der Waals surface area contributed by atoms with Crippen LogP contribution in [0.4, 0.5) is 13.2 Å². The van der Waals surface area contributed by atoms with Crippen molar-refractivity contribution in [3.05, 3.63) is 104 Å². The molecule has 11 heteroatoms. The summed E-state index contributed by atoms with van der Waals surface area (Å²) in [6.07, 6.45) is 0.643. The van der Waals surface area contributed by atoms with E-state index in [-0.39, 0.29) is 28.8 Å². The largest absolute Gasteiger partial charge is 0.496 e. The van der Waals surface area contributed by atoms with Gasteiger partial charge in [0.2, 0.25) is 5.91 Å². The third-order valence-corrected chi connectivity index (χ3v) is 5.70. The Morgan fingerprint density at radius 3 is 2.50 bits per heavy atom. The number of hydrogen-bond donors (Lipinski definition) is 2. The molecule has 186 valence electrons. The van der Waals surface area contributed by atoms with E-state index in [4.69, 9.17) is 4.74 Å². The topological polar surface area (TPSA) is 106 Å². The van der Waals surface area contributed by atoms with Gasteiger partial charge in [0.25, 0.3) is 5.56 Å². The number of nitrogens with zero attached hydrogens (tertiary/aromatic N) is 2. The summed E-state index contributed by atoms with van der Waals surface area (Å²) >= 11 is 0. The van der Waals surface area contributed by atoms with Crippen LogP contribution in [0.1, 0.15) is 30.3 Å². The molecule has 2 aromatic carbocycles. The maximum absolute atomic E-state index is 14.2. The minimum Gasteiger partial charge on any atom is -0.496 e. The van der Waals surface area contributed by atoms with Crippen molar-refractivity contribution in [2.45, 2.75) is 25.4 Å². The standard InChI is InChI=1S/C25H21F3N4O4/c1-13(22-17(28)11-16(27)12-29-22)30-23(33)19(10-14-6-8-15(26)9-7-14)32-24(34)21-18(31-25(32)35)4-3-5-20(21)36-2/h3-9,11-13,19H,10H2,1-2H3,(H,30,33)(H,31,35)/t13-,19?/m1/s1. The summed E-state index contributed by atoms with van der Waals surface area (Å²) in [5.74, 6) is -2.97. The van der Waals surface area contributed by atoms with Gasteiger partial charge < -0.3 is 15.0 Å². The number of amides is 1. The molecule has 0 spiro atoms. The van der Waals surface area contributed by atoms with E-state index in [9.17, 15) is 27.6 Å². The van der Waals surface area contributed by atoms with Gasteiger partial charge in [0, 0.05) is 12.5 Å². The molecular formula is C25H21F3N4O4. The van der Waals surface area contributed by atoms with E-state index in [1.807, 2.05) is 0 Å². The van der Waals surface area contributed by atoms with Gasteiger partial charge in [0.05, 0.1) is 30.6 Å². The van der Waals surface area contributed by atoms with E-state index < -0.39 is 46.7 Å². The Labute approximate surface area is 202 Å². The number of halogens is 3. The van der Waals surface area contributed by atoms with Gasteiger partial charge in [-0.25, -0.2) is 22.5 Å². The molecule has 0 aliphatic heterocycles. The highest BCUT2D eigenvalue weighted by molar-refractivity contribution is 5.85. The predicted octanol–water partition coefficient (Wildman–Crippen LogP) is 3.17. The second-order valence-corrected chi connectivity index (χ2v) is 8.09. The van der Waals surface area contributed by atoms with Crippen LogP contribution in [-0.2, 0) is 11.2 Å². The zero-order chi connectivity index (χ0) is 26.0. The lowest BCUT2D eigenvalue weighted by molar-refractivity contribution is -0.125. The molecule has 0 saturated heterocycles. The van der Waals surface area contributed by atoms with E-state index in [1.165, 1.54) is 50.4 Å². The molecule has 2 aromatic heterocycles. The number of aromatic amines is 1. The third-order valence-electron chi connectivity index (χ3n) is 5.70. The van der Waals surface area contributed by atoms with Crippen LogP contribution in [0.3, 0.4) is 0 Å². The first-order valence-corrected chi connectivity index (χ1v) is 10.9. The number of nitrogens with one attached hydrogen (secondary N) is 2. The van der Waals surface area contributed by atoms with Crippen LogP contribution < -0.4 is 21.3 Å². The number of rotatable bonds is 7.